The molecule has 13 heavy (non-hydrogen) atoms. The molecule has 1 heterocycles. The molecule has 76 valence electrons. The molecule has 0 radical (unpaired) electrons. The van der Waals surface area contributed by atoms with Gasteiger partial charge in [-0.15, -0.1) is 17.0 Å². The standard InChI is InChI=1S/C6H10N2O2S2.BrH/c1-4-2-12(9,10)3-5(4)11-6(7)8;/h2-3H2,1H3,(H3,7,8);1H. The van der Waals surface area contributed by atoms with Crippen molar-refractivity contribution in [1.82, 2.24) is 0 Å². The maximum atomic E-state index is 11.1. The zero-order chi connectivity index (χ0) is 9.35. The second-order valence-corrected chi connectivity index (χ2v) is 5.90. The van der Waals surface area contributed by atoms with Crippen LogP contribution in [0, 0.1) is 5.41 Å². The third kappa shape index (κ3) is 3.70. The number of amidine groups is 1. The van der Waals surface area contributed by atoms with Gasteiger partial charge in [-0.1, -0.05) is 11.8 Å². The zero-order valence-corrected chi connectivity index (χ0v) is 10.4. The Morgan fingerprint density at radius 3 is 2.38 bits per heavy atom. The molecule has 0 aliphatic carbocycles. The van der Waals surface area contributed by atoms with Gasteiger partial charge in [0.2, 0.25) is 0 Å². The molecule has 0 spiro atoms. The van der Waals surface area contributed by atoms with Crippen LogP contribution >= 0.6 is 28.7 Å². The van der Waals surface area contributed by atoms with E-state index < -0.39 is 9.84 Å². The second kappa shape index (κ2) is 4.47. The van der Waals surface area contributed by atoms with Crippen molar-refractivity contribution in [3.63, 3.8) is 0 Å². The van der Waals surface area contributed by atoms with Gasteiger partial charge in [0.15, 0.2) is 15.0 Å². The first kappa shape index (κ1) is 13.0. The quantitative estimate of drug-likeness (QED) is 0.554. The predicted octanol–water partition coefficient (Wildman–Crippen LogP) is 0.893. The SMILES string of the molecule is Br.CC1=C(SC(=N)N)CS(=O)(=O)C1. The summed E-state index contributed by atoms with van der Waals surface area (Å²) in [4.78, 5) is 0.711. The molecule has 0 aromatic heterocycles. The van der Waals surface area contributed by atoms with Gasteiger partial charge in [-0.25, -0.2) is 8.42 Å². The molecule has 1 aliphatic heterocycles. The molecule has 3 N–H and O–H groups in total. The number of sulfone groups is 1. The Bertz CT molecular complexity index is 348. The fourth-order valence-electron chi connectivity index (χ4n) is 1.03. The minimum absolute atomic E-state index is 0. The average molecular weight is 287 g/mol. The van der Waals surface area contributed by atoms with E-state index in [1.165, 1.54) is 0 Å². The summed E-state index contributed by atoms with van der Waals surface area (Å²) in [5.41, 5.74) is 5.96. The molecular weight excluding hydrogens is 276 g/mol. The van der Waals surface area contributed by atoms with Crippen molar-refractivity contribution in [1.29, 1.82) is 5.41 Å². The number of halogens is 1. The molecule has 0 aromatic carbocycles. The molecule has 4 nitrogen and oxygen atoms in total. The van der Waals surface area contributed by atoms with Crippen LogP contribution in [0.25, 0.3) is 0 Å². The number of hydrogen-bond donors (Lipinski definition) is 2. The van der Waals surface area contributed by atoms with Crippen LogP contribution < -0.4 is 5.73 Å². The first-order valence-electron chi connectivity index (χ1n) is 3.31. The fourth-order valence-corrected chi connectivity index (χ4v) is 3.99. The molecule has 0 aromatic rings. The summed E-state index contributed by atoms with van der Waals surface area (Å²) in [5.74, 6) is 0.158. The highest BCUT2D eigenvalue weighted by molar-refractivity contribution is 8.93. The van der Waals surface area contributed by atoms with Gasteiger partial charge in [0.05, 0.1) is 11.5 Å². The minimum Gasteiger partial charge on any atom is -0.378 e. The highest BCUT2D eigenvalue weighted by Crippen LogP contribution is 2.28. The minimum atomic E-state index is -2.94. The first-order valence-corrected chi connectivity index (χ1v) is 5.95. The van der Waals surface area contributed by atoms with E-state index in [2.05, 4.69) is 0 Å². The van der Waals surface area contributed by atoms with E-state index in [-0.39, 0.29) is 33.7 Å². The van der Waals surface area contributed by atoms with Gasteiger partial charge >= 0.3 is 0 Å². The van der Waals surface area contributed by atoms with Crippen LogP contribution in [-0.4, -0.2) is 25.1 Å². The lowest BCUT2D eigenvalue weighted by Crippen LogP contribution is -2.06. The van der Waals surface area contributed by atoms with Crippen molar-refractivity contribution in [2.24, 2.45) is 5.73 Å². The van der Waals surface area contributed by atoms with Crippen LogP contribution in [0.5, 0.6) is 0 Å². The molecule has 7 heteroatoms. The van der Waals surface area contributed by atoms with E-state index in [1.54, 1.807) is 6.92 Å². The summed E-state index contributed by atoms with van der Waals surface area (Å²) in [7, 11) is -2.94. The molecule has 0 atom stereocenters. The predicted molar refractivity (Wildman–Crippen MR) is 61.2 cm³/mol. The maximum absolute atomic E-state index is 11.1. The van der Waals surface area contributed by atoms with E-state index in [0.717, 1.165) is 17.3 Å². The summed E-state index contributed by atoms with van der Waals surface area (Å²) < 4.78 is 22.1. The van der Waals surface area contributed by atoms with Crippen molar-refractivity contribution in [2.45, 2.75) is 6.92 Å². The topological polar surface area (TPSA) is 84.0 Å². The van der Waals surface area contributed by atoms with Gasteiger partial charge < -0.3 is 5.73 Å². The molecule has 0 bridgehead atoms. The Kier molecular flexibility index (Phi) is 4.47. The summed E-state index contributed by atoms with van der Waals surface area (Å²) in [5, 5.41) is 6.94. The molecule has 0 saturated heterocycles. The van der Waals surface area contributed by atoms with E-state index in [1.807, 2.05) is 0 Å². The van der Waals surface area contributed by atoms with E-state index in [4.69, 9.17) is 11.1 Å². The zero-order valence-electron chi connectivity index (χ0n) is 7.03. The lowest BCUT2D eigenvalue weighted by molar-refractivity contribution is 0.603. The smallest absolute Gasteiger partial charge is 0.158 e. The second-order valence-electron chi connectivity index (χ2n) is 2.70. The Morgan fingerprint density at radius 2 is 2.08 bits per heavy atom. The van der Waals surface area contributed by atoms with Crippen molar-refractivity contribution < 1.29 is 8.42 Å². The third-order valence-corrected chi connectivity index (χ3v) is 4.24. The van der Waals surface area contributed by atoms with Gasteiger partial charge in [-0.2, -0.15) is 0 Å². The van der Waals surface area contributed by atoms with E-state index >= 15 is 0 Å². The van der Waals surface area contributed by atoms with Crippen LogP contribution in [0.3, 0.4) is 0 Å². The largest absolute Gasteiger partial charge is 0.378 e. The Morgan fingerprint density at radius 1 is 1.54 bits per heavy atom. The summed E-state index contributed by atoms with van der Waals surface area (Å²) in [6.45, 7) is 1.76. The van der Waals surface area contributed by atoms with Crippen LogP contribution in [0.1, 0.15) is 6.92 Å². The molecule has 0 fully saturated rings. The van der Waals surface area contributed by atoms with Crippen LogP contribution in [0.2, 0.25) is 0 Å². The van der Waals surface area contributed by atoms with Gasteiger partial charge in [0.25, 0.3) is 0 Å². The number of rotatable bonds is 1. The summed E-state index contributed by atoms with van der Waals surface area (Å²) >= 11 is 1.03. The maximum Gasteiger partial charge on any atom is 0.158 e. The highest BCUT2D eigenvalue weighted by atomic mass is 79.9. The van der Waals surface area contributed by atoms with Gasteiger partial charge in [0.1, 0.15) is 0 Å². The fraction of sp³-hybridized carbons (Fsp3) is 0.500. The first-order chi connectivity index (χ1) is 5.41. The van der Waals surface area contributed by atoms with Crippen LogP contribution in [-0.2, 0) is 9.84 Å². The number of nitrogens with one attached hydrogen (secondary N) is 1. The average Bonchev–Trinajstić information content (AvgIpc) is 2.03. The normalized spacial score (nSPS) is 19.8. The third-order valence-electron chi connectivity index (χ3n) is 1.50. The van der Waals surface area contributed by atoms with E-state index in [0.29, 0.717) is 4.91 Å². The van der Waals surface area contributed by atoms with E-state index in [9.17, 15) is 8.42 Å². The van der Waals surface area contributed by atoms with Crippen molar-refractivity contribution in [2.75, 3.05) is 11.5 Å². The number of thioether (sulfide) groups is 1. The molecule has 0 unspecified atom stereocenters. The van der Waals surface area contributed by atoms with Crippen LogP contribution in [0.15, 0.2) is 10.5 Å². The molecular formula is C6H11BrN2O2S2. The molecule has 1 rings (SSSR count). The monoisotopic (exact) mass is 286 g/mol. The van der Waals surface area contributed by atoms with Gasteiger partial charge in [-0.05, 0) is 12.5 Å². The van der Waals surface area contributed by atoms with Gasteiger partial charge in [-0.3, -0.25) is 5.41 Å². The van der Waals surface area contributed by atoms with Crippen LogP contribution in [0.4, 0.5) is 0 Å². The molecule has 0 saturated carbocycles. The Labute approximate surface area is 92.2 Å². The lowest BCUT2D eigenvalue weighted by atomic mass is 10.3. The number of hydrogen-bond acceptors (Lipinski definition) is 4. The van der Waals surface area contributed by atoms with Gasteiger partial charge in [0, 0.05) is 4.91 Å². The van der Waals surface area contributed by atoms with Crippen molar-refractivity contribution in [3.8, 4) is 0 Å². The Balaban J connectivity index is 0.00000144. The summed E-state index contributed by atoms with van der Waals surface area (Å²) in [6, 6.07) is 0. The number of nitrogens with two attached hydrogens (primary N) is 1. The van der Waals surface area contributed by atoms with Crippen molar-refractivity contribution >= 4 is 43.7 Å². The molecule has 0 amide bonds. The summed E-state index contributed by atoms with van der Waals surface area (Å²) in [6.07, 6.45) is 0. The highest BCUT2D eigenvalue weighted by Gasteiger charge is 2.25. The van der Waals surface area contributed by atoms with Crippen molar-refractivity contribution in [3.05, 3.63) is 10.5 Å². The Hall–Kier alpha value is -0.0100. The molecule has 1 aliphatic rings. The lowest BCUT2D eigenvalue weighted by Gasteiger charge is -1.97.